The normalized spacial score (nSPS) is 14.9. The Labute approximate surface area is 216 Å². The van der Waals surface area contributed by atoms with Crippen LogP contribution in [0.25, 0.3) is 5.57 Å². The first kappa shape index (κ1) is 22.6. The van der Waals surface area contributed by atoms with Gasteiger partial charge in [-0.25, -0.2) is 0 Å². The van der Waals surface area contributed by atoms with Crippen LogP contribution in [0.15, 0.2) is 112 Å². The summed E-state index contributed by atoms with van der Waals surface area (Å²) in [5.41, 5.74) is 7.74. The molecule has 1 aliphatic rings. The lowest BCUT2D eigenvalue weighted by atomic mass is 9.88. The van der Waals surface area contributed by atoms with Gasteiger partial charge in [0.05, 0.1) is 0 Å². The van der Waals surface area contributed by atoms with Crippen molar-refractivity contribution in [3.63, 3.8) is 0 Å². The molecule has 0 aromatic heterocycles. The van der Waals surface area contributed by atoms with E-state index >= 15 is 0 Å². The van der Waals surface area contributed by atoms with Crippen molar-refractivity contribution >= 4 is 54.6 Å². The summed E-state index contributed by atoms with van der Waals surface area (Å²) < 4.78 is 1.89. The maximum atomic E-state index is 13.4. The molecule has 2 N–H and O–H groups in total. The molecular weight excluding hydrogens is 552 g/mol. The Morgan fingerprint density at radius 3 is 2.21 bits per heavy atom. The van der Waals surface area contributed by atoms with Gasteiger partial charge >= 0.3 is 0 Å². The van der Waals surface area contributed by atoms with Crippen LogP contribution >= 0.6 is 31.9 Å². The van der Waals surface area contributed by atoms with Crippen molar-refractivity contribution in [1.82, 2.24) is 0 Å². The molecule has 168 valence electrons. The Morgan fingerprint density at radius 2 is 1.47 bits per heavy atom. The van der Waals surface area contributed by atoms with Gasteiger partial charge in [-0.05, 0) is 60.0 Å². The monoisotopic (exact) mass is 572 g/mol. The molecule has 0 amide bonds. The minimum Gasteiger partial charge on any atom is -0.361 e. The lowest BCUT2D eigenvalue weighted by molar-refractivity contribution is 0.103. The van der Waals surface area contributed by atoms with Crippen LogP contribution in [-0.4, -0.2) is 11.9 Å². The molecule has 0 saturated heterocycles. The van der Waals surface area contributed by atoms with Crippen LogP contribution in [0.4, 0.5) is 11.4 Å². The molecule has 0 aliphatic carbocycles. The number of hydrogen-bond acceptors (Lipinski definition) is 3. The summed E-state index contributed by atoms with van der Waals surface area (Å²) in [7, 11) is 0. The predicted molar refractivity (Wildman–Crippen MR) is 147 cm³/mol. The summed E-state index contributed by atoms with van der Waals surface area (Å²) in [6, 6.07) is 31.8. The van der Waals surface area contributed by atoms with E-state index in [1.165, 1.54) is 5.57 Å². The van der Waals surface area contributed by atoms with Crippen molar-refractivity contribution in [1.29, 1.82) is 0 Å². The van der Waals surface area contributed by atoms with Crippen molar-refractivity contribution in [2.24, 2.45) is 0 Å². The van der Waals surface area contributed by atoms with E-state index in [1.54, 1.807) is 0 Å². The molecule has 0 spiro atoms. The van der Waals surface area contributed by atoms with E-state index in [0.29, 0.717) is 11.1 Å². The standard InChI is InChI=1S/C29H22Br2N2O/c1-18-27(19-8-4-2-5-9-19)23-16-21(30)12-14-25(23)32-29(18)33-26-15-13-22(31)17-24(26)28(34)20-10-6-3-7-11-20/h2-17,29,32-33H,1H3/t29-/m1/s1. The number of ketones is 1. The van der Waals surface area contributed by atoms with Crippen LogP contribution in [0.1, 0.15) is 34.0 Å². The van der Waals surface area contributed by atoms with E-state index in [1.807, 2.05) is 60.7 Å². The third-order valence-electron chi connectivity index (χ3n) is 6.00. The summed E-state index contributed by atoms with van der Waals surface area (Å²) in [6.45, 7) is 2.13. The molecule has 0 unspecified atom stereocenters. The van der Waals surface area contributed by atoms with Gasteiger partial charge < -0.3 is 10.6 Å². The SMILES string of the molecule is CC1=C(c2ccccc2)c2cc(Br)ccc2N[C@@H]1Nc1ccc(Br)cc1C(=O)c1ccccc1. The maximum Gasteiger partial charge on any atom is 0.195 e. The van der Waals surface area contributed by atoms with Crippen molar-refractivity contribution in [2.75, 3.05) is 10.6 Å². The molecule has 0 saturated carbocycles. The molecule has 3 nitrogen and oxygen atoms in total. The number of nitrogens with one attached hydrogen (secondary N) is 2. The molecule has 0 bridgehead atoms. The zero-order chi connectivity index (χ0) is 23.7. The van der Waals surface area contributed by atoms with Crippen molar-refractivity contribution in [2.45, 2.75) is 13.1 Å². The van der Waals surface area contributed by atoms with E-state index in [9.17, 15) is 4.79 Å². The van der Waals surface area contributed by atoms with E-state index < -0.39 is 0 Å². The average Bonchev–Trinajstić information content (AvgIpc) is 2.86. The summed E-state index contributed by atoms with van der Waals surface area (Å²) in [6.07, 6.45) is -0.188. The fourth-order valence-corrected chi connectivity index (χ4v) is 5.05. The highest BCUT2D eigenvalue weighted by molar-refractivity contribution is 9.10. The smallest absolute Gasteiger partial charge is 0.195 e. The largest absolute Gasteiger partial charge is 0.361 e. The number of fused-ring (bicyclic) bond motifs is 1. The minimum atomic E-state index is -0.188. The summed E-state index contributed by atoms with van der Waals surface area (Å²) in [5, 5.41) is 7.24. The van der Waals surface area contributed by atoms with Gasteiger partial charge in [0.2, 0.25) is 0 Å². The zero-order valence-electron chi connectivity index (χ0n) is 18.5. The van der Waals surface area contributed by atoms with Crippen LogP contribution in [0.2, 0.25) is 0 Å². The minimum absolute atomic E-state index is 0.0190. The molecule has 1 atom stereocenters. The molecule has 5 heteroatoms. The Hall–Kier alpha value is -3.15. The van der Waals surface area contributed by atoms with Gasteiger partial charge in [0.1, 0.15) is 6.17 Å². The highest BCUT2D eigenvalue weighted by Crippen LogP contribution is 2.40. The molecule has 0 radical (unpaired) electrons. The quantitative estimate of drug-likeness (QED) is 0.237. The van der Waals surface area contributed by atoms with E-state index in [2.05, 4.69) is 85.8 Å². The third-order valence-corrected chi connectivity index (χ3v) is 6.99. The fraction of sp³-hybridized carbons (Fsp3) is 0.0690. The fourth-order valence-electron chi connectivity index (χ4n) is 4.33. The molecule has 1 heterocycles. The van der Waals surface area contributed by atoms with Gasteiger partial charge in [-0.2, -0.15) is 0 Å². The molecule has 34 heavy (non-hydrogen) atoms. The Bertz CT molecular complexity index is 1400. The maximum absolute atomic E-state index is 13.4. The Balaban J connectivity index is 1.58. The van der Waals surface area contributed by atoms with Crippen LogP contribution in [0.5, 0.6) is 0 Å². The second kappa shape index (κ2) is 9.61. The lowest BCUT2D eigenvalue weighted by Gasteiger charge is -2.33. The molecule has 0 fully saturated rings. The Morgan fingerprint density at radius 1 is 0.824 bits per heavy atom. The van der Waals surface area contributed by atoms with Gasteiger partial charge in [0.25, 0.3) is 0 Å². The molecule has 5 rings (SSSR count). The van der Waals surface area contributed by atoms with Gasteiger partial charge in [-0.15, -0.1) is 0 Å². The van der Waals surface area contributed by atoms with Gasteiger partial charge in [-0.3, -0.25) is 4.79 Å². The molecule has 1 aliphatic heterocycles. The molecular formula is C29H22Br2N2O. The number of halogens is 2. The van der Waals surface area contributed by atoms with E-state index in [0.717, 1.165) is 37.0 Å². The second-order valence-electron chi connectivity index (χ2n) is 8.22. The number of carbonyl (C=O) groups excluding carboxylic acids is 1. The number of rotatable bonds is 5. The summed E-state index contributed by atoms with van der Waals surface area (Å²) in [5.74, 6) is -0.0190. The van der Waals surface area contributed by atoms with Gasteiger partial charge in [0.15, 0.2) is 5.78 Å². The number of benzene rings is 4. The first-order chi connectivity index (χ1) is 16.5. The number of anilines is 2. The third kappa shape index (κ3) is 4.46. The highest BCUT2D eigenvalue weighted by atomic mass is 79.9. The topological polar surface area (TPSA) is 41.1 Å². The highest BCUT2D eigenvalue weighted by Gasteiger charge is 2.26. The summed E-state index contributed by atoms with van der Waals surface area (Å²) >= 11 is 7.16. The van der Waals surface area contributed by atoms with Crippen LogP contribution < -0.4 is 10.6 Å². The van der Waals surface area contributed by atoms with Crippen molar-refractivity contribution in [3.05, 3.63) is 134 Å². The van der Waals surface area contributed by atoms with Crippen molar-refractivity contribution < 1.29 is 4.79 Å². The van der Waals surface area contributed by atoms with Crippen LogP contribution in [0.3, 0.4) is 0 Å². The first-order valence-electron chi connectivity index (χ1n) is 11.0. The summed E-state index contributed by atoms with van der Waals surface area (Å²) in [4.78, 5) is 13.4. The molecule has 4 aromatic carbocycles. The lowest BCUT2D eigenvalue weighted by Crippen LogP contribution is -2.34. The van der Waals surface area contributed by atoms with E-state index in [-0.39, 0.29) is 11.9 Å². The average molecular weight is 574 g/mol. The predicted octanol–water partition coefficient (Wildman–Crippen LogP) is 8.13. The van der Waals surface area contributed by atoms with Crippen LogP contribution in [0, 0.1) is 0 Å². The number of hydrogen-bond donors (Lipinski definition) is 2. The first-order valence-corrected chi connectivity index (χ1v) is 12.6. The number of carbonyl (C=O) groups is 1. The van der Waals surface area contributed by atoms with Gasteiger partial charge in [0, 0.05) is 37.0 Å². The zero-order valence-corrected chi connectivity index (χ0v) is 21.7. The second-order valence-corrected chi connectivity index (χ2v) is 10.1. The van der Waals surface area contributed by atoms with E-state index in [4.69, 9.17) is 0 Å². The Kier molecular flexibility index (Phi) is 6.40. The molecule has 4 aromatic rings. The van der Waals surface area contributed by atoms with Crippen LogP contribution in [-0.2, 0) is 0 Å². The van der Waals surface area contributed by atoms with Crippen molar-refractivity contribution in [3.8, 4) is 0 Å². The van der Waals surface area contributed by atoms with Gasteiger partial charge in [-0.1, -0.05) is 92.5 Å².